The lowest BCUT2D eigenvalue weighted by atomic mass is 9.97. The number of hydrogen-bond donors (Lipinski definition) is 2. The lowest BCUT2D eigenvalue weighted by Gasteiger charge is -2.18. The number of hydrogen-bond acceptors (Lipinski definition) is 5. The predicted molar refractivity (Wildman–Crippen MR) is 74.2 cm³/mol. The second-order valence-electron chi connectivity index (χ2n) is 5.42. The maximum absolute atomic E-state index is 9.30. The van der Waals surface area contributed by atoms with Gasteiger partial charge in [0.1, 0.15) is 12.1 Å². The number of aliphatic hydroxyl groups excluding tert-OH is 1. The van der Waals surface area contributed by atoms with E-state index in [1.807, 2.05) is 19.9 Å². The van der Waals surface area contributed by atoms with E-state index in [1.165, 1.54) is 19.2 Å². The standard InChI is InChI=1S/C14H23N3O2/c1-10(2)19-14-6-13(16-9-17-14)15-7-11-4-3-5-12(11)8-18/h6,9-12,18H,3-5,7-8H2,1-2H3,(H,15,16,17). The fourth-order valence-corrected chi connectivity index (χ4v) is 2.60. The minimum Gasteiger partial charge on any atom is -0.475 e. The molecule has 1 aromatic heterocycles. The van der Waals surface area contributed by atoms with Gasteiger partial charge in [-0.1, -0.05) is 6.42 Å². The molecule has 2 rings (SSSR count). The van der Waals surface area contributed by atoms with Crippen LogP contribution < -0.4 is 10.1 Å². The predicted octanol–water partition coefficient (Wildman–Crippen LogP) is 2.08. The summed E-state index contributed by atoms with van der Waals surface area (Å²) in [5.41, 5.74) is 0. The molecule has 1 aliphatic carbocycles. The van der Waals surface area contributed by atoms with Gasteiger partial charge in [-0.05, 0) is 38.5 Å². The quantitative estimate of drug-likeness (QED) is 0.824. The van der Waals surface area contributed by atoms with Crippen molar-refractivity contribution in [2.24, 2.45) is 11.8 Å². The number of nitrogens with zero attached hydrogens (tertiary/aromatic N) is 2. The van der Waals surface area contributed by atoms with Crippen molar-refractivity contribution in [3.05, 3.63) is 12.4 Å². The Morgan fingerprint density at radius 1 is 1.37 bits per heavy atom. The number of aromatic nitrogens is 2. The van der Waals surface area contributed by atoms with Gasteiger partial charge in [-0.2, -0.15) is 0 Å². The molecule has 5 nitrogen and oxygen atoms in total. The zero-order valence-electron chi connectivity index (χ0n) is 11.7. The summed E-state index contributed by atoms with van der Waals surface area (Å²) in [6.45, 7) is 5.08. The van der Waals surface area contributed by atoms with Crippen molar-refractivity contribution in [1.82, 2.24) is 9.97 Å². The van der Waals surface area contributed by atoms with Crippen LogP contribution in [0.4, 0.5) is 5.82 Å². The normalized spacial score (nSPS) is 22.7. The molecule has 2 atom stereocenters. The first kappa shape index (κ1) is 14.1. The van der Waals surface area contributed by atoms with E-state index in [0.29, 0.717) is 17.7 Å². The zero-order chi connectivity index (χ0) is 13.7. The van der Waals surface area contributed by atoms with Gasteiger partial charge in [-0.15, -0.1) is 0 Å². The summed E-state index contributed by atoms with van der Waals surface area (Å²) in [7, 11) is 0. The number of nitrogens with one attached hydrogen (secondary N) is 1. The van der Waals surface area contributed by atoms with Crippen LogP contribution in [-0.4, -0.2) is 34.3 Å². The molecular formula is C14H23N3O2. The van der Waals surface area contributed by atoms with Crippen molar-refractivity contribution in [3.63, 3.8) is 0 Å². The monoisotopic (exact) mass is 265 g/mol. The minimum absolute atomic E-state index is 0.108. The van der Waals surface area contributed by atoms with E-state index < -0.39 is 0 Å². The molecule has 0 bridgehead atoms. The summed E-state index contributed by atoms with van der Waals surface area (Å²) in [4.78, 5) is 8.27. The van der Waals surface area contributed by atoms with Crippen molar-refractivity contribution in [3.8, 4) is 5.88 Å². The summed E-state index contributed by atoms with van der Waals surface area (Å²) in [6, 6.07) is 1.82. The van der Waals surface area contributed by atoms with Crippen LogP contribution in [0.25, 0.3) is 0 Å². The second kappa shape index (κ2) is 6.70. The second-order valence-corrected chi connectivity index (χ2v) is 5.42. The van der Waals surface area contributed by atoms with Crippen molar-refractivity contribution < 1.29 is 9.84 Å². The van der Waals surface area contributed by atoms with E-state index >= 15 is 0 Å². The van der Waals surface area contributed by atoms with E-state index in [-0.39, 0.29) is 12.7 Å². The third kappa shape index (κ3) is 4.06. The van der Waals surface area contributed by atoms with E-state index in [0.717, 1.165) is 18.8 Å². The number of aliphatic hydroxyl groups is 1. The molecule has 0 aromatic carbocycles. The molecule has 0 saturated heterocycles. The molecule has 1 aromatic rings. The zero-order valence-corrected chi connectivity index (χ0v) is 11.7. The van der Waals surface area contributed by atoms with E-state index in [1.54, 1.807) is 0 Å². The Morgan fingerprint density at radius 2 is 2.16 bits per heavy atom. The molecule has 1 aliphatic rings. The summed E-state index contributed by atoms with van der Waals surface area (Å²) in [5.74, 6) is 2.35. The van der Waals surface area contributed by atoms with Crippen LogP contribution in [-0.2, 0) is 0 Å². The third-order valence-corrected chi connectivity index (χ3v) is 3.59. The Balaban J connectivity index is 1.88. The molecule has 2 N–H and O–H groups in total. The fraction of sp³-hybridized carbons (Fsp3) is 0.714. The van der Waals surface area contributed by atoms with Crippen LogP contribution in [0.2, 0.25) is 0 Å². The molecule has 0 spiro atoms. The highest BCUT2D eigenvalue weighted by atomic mass is 16.5. The Morgan fingerprint density at radius 3 is 2.89 bits per heavy atom. The Kier molecular flexibility index (Phi) is 4.96. The fourth-order valence-electron chi connectivity index (χ4n) is 2.60. The maximum atomic E-state index is 9.30. The third-order valence-electron chi connectivity index (χ3n) is 3.59. The van der Waals surface area contributed by atoms with Crippen LogP contribution in [0.1, 0.15) is 33.1 Å². The van der Waals surface area contributed by atoms with Crippen LogP contribution in [0.5, 0.6) is 5.88 Å². The van der Waals surface area contributed by atoms with Crippen LogP contribution >= 0.6 is 0 Å². The van der Waals surface area contributed by atoms with Gasteiger partial charge in [-0.3, -0.25) is 0 Å². The highest BCUT2D eigenvalue weighted by Gasteiger charge is 2.26. The van der Waals surface area contributed by atoms with E-state index in [4.69, 9.17) is 4.74 Å². The molecule has 106 valence electrons. The largest absolute Gasteiger partial charge is 0.475 e. The Hall–Kier alpha value is -1.36. The first-order valence-corrected chi connectivity index (χ1v) is 7.02. The average Bonchev–Trinajstić information content (AvgIpc) is 2.83. The molecule has 0 amide bonds. The van der Waals surface area contributed by atoms with E-state index in [9.17, 15) is 5.11 Å². The number of rotatable bonds is 6. The molecule has 0 aliphatic heterocycles. The van der Waals surface area contributed by atoms with Gasteiger partial charge >= 0.3 is 0 Å². The lowest BCUT2D eigenvalue weighted by Crippen LogP contribution is -2.21. The first-order chi connectivity index (χ1) is 9.19. The van der Waals surface area contributed by atoms with Crippen LogP contribution in [0.3, 0.4) is 0 Å². The molecule has 1 fully saturated rings. The average molecular weight is 265 g/mol. The Bertz CT molecular complexity index is 398. The van der Waals surface area contributed by atoms with Gasteiger partial charge in [0.05, 0.1) is 6.10 Å². The topological polar surface area (TPSA) is 67.3 Å². The van der Waals surface area contributed by atoms with Gasteiger partial charge in [0.15, 0.2) is 0 Å². The van der Waals surface area contributed by atoms with Crippen molar-refractivity contribution in [1.29, 1.82) is 0 Å². The highest BCUT2D eigenvalue weighted by molar-refractivity contribution is 5.37. The number of ether oxygens (including phenoxy) is 1. The molecule has 1 saturated carbocycles. The smallest absolute Gasteiger partial charge is 0.218 e. The van der Waals surface area contributed by atoms with Gasteiger partial charge < -0.3 is 15.2 Å². The highest BCUT2D eigenvalue weighted by Crippen LogP contribution is 2.31. The van der Waals surface area contributed by atoms with Crippen LogP contribution in [0, 0.1) is 11.8 Å². The maximum Gasteiger partial charge on any atom is 0.218 e. The van der Waals surface area contributed by atoms with Crippen molar-refractivity contribution >= 4 is 5.82 Å². The lowest BCUT2D eigenvalue weighted by molar-refractivity contribution is 0.199. The molecular weight excluding hydrogens is 242 g/mol. The molecule has 2 unspecified atom stereocenters. The summed E-state index contributed by atoms with van der Waals surface area (Å²) >= 11 is 0. The number of anilines is 1. The summed E-state index contributed by atoms with van der Waals surface area (Å²) in [6.07, 6.45) is 5.14. The van der Waals surface area contributed by atoms with Gasteiger partial charge in [-0.25, -0.2) is 9.97 Å². The minimum atomic E-state index is 0.108. The molecule has 1 heterocycles. The molecule has 5 heteroatoms. The molecule has 0 radical (unpaired) electrons. The van der Waals surface area contributed by atoms with Gasteiger partial charge in [0.2, 0.25) is 5.88 Å². The van der Waals surface area contributed by atoms with Crippen LogP contribution in [0.15, 0.2) is 12.4 Å². The SMILES string of the molecule is CC(C)Oc1cc(NCC2CCCC2CO)ncn1. The first-order valence-electron chi connectivity index (χ1n) is 7.02. The van der Waals surface area contributed by atoms with Crippen molar-refractivity contribution in [2.45, 2.75) is 39.2 Å². The van der Waals surface area contributed by atoms with E-state index in [2.05, 4.69) is 15.3 Å². The Labute approximate surface area is 114 Å². The van der Waals surface area contributed by atoms with Crippen molar-refractivity contribution in [2.75, 3.05) is 18.5 Å². The van der Waals surface area contributed by atoms with Gasteiger partial charge in [0, 0.05) is 19.2 Å². The molecule has 19 heavy (non-hydrogen) atoms. The summed E-state index contributed by atoms with van der Waals surface area (Å²) < 4.78 is 5.54. The van der Waals surface area contributed by atoms with Gasteiger partial charge in [0.25, 0.3) is 0 Å². The summed E-state index contributed by atoms with van der Waals surface area (Å²) in [5, 5.41) is 12.6.